The molecule has 0 spiro atoms. The third-order valence-electron chi connectivity index (χ3n) is 14.3. The van der Waals surface area contributed by atoms with Crippen LogP contribution in [0.2, 0.25) is 0 Å². The van der Waals surface area contributed by atoms with Gasteiger partial charge in [0, 0.05) is 50.8 Å². The lowest BCUT2D eigenvalue weighted by Crippen LogP contribution is -2.35. The topological polar surface area (TPSA) is 126 Å². The Morgan fingerprint density at radius 1 is 0.359 bits per heavy atom. The Balaban J connectivity index is 0.000000332. The SMILES string of the molecule is CC(C)COC(=O)C1CCCCC1C(=O)OCC(C)C.CC(C)COCCCOc1ccc(C(C)(C)c2ccc(OCCCOCC(C)C)cc2)cc1.CC(C)COc1ccc(Cc2ccc(OCC(C)C)cc2)cc1.CC(C)COc1cccc(OCC(C)C)c1. The minimum absolute atomic E-state index is 0.105. The molecular formula is C80H122O12. The Morgan fingerprint density at radius 2 is 0.652 bits per heavy atom. The van der Waals surface area contributed by atoms with Gasteiger partial charge in [0.2, 0.25) is 0 Å². The molecule has 6 rings (SSSR count). The molecule has 5 aromatic rings. The van der Waals surface area contributed by atoms with Crippen molar-refractivity contribution in [1.29, 1.82) is 0 Å². The van der Waals surface area contributed by atoms with Gasteiger partial charge >= 0.3 is 11.9 Å². The van der Waals surface area contributed by atoms with Crippen LogP contribution in [0.5, 0.6) is 34.5 Å². The molecule has 0 heterocycles. The smallest absolute Gasteiger partial charge is 0.309 e. The van der Waals surface area contributed by atoms with Crippen molar-refractivity contribution in [3.63, 3.8) is 0 Å². The van der Waals surface area contributed by atoms with Crippen molar-refractivity contribution in [3.05, 3.63) is 144 Å². The molecule has 0 saturated heterocycles. The zero-order chi connectivity index (χ0) is 67.8. The highest BCUT2D eigenvalue weighted by molar-refractivity contribution is 5.82. The van der Waals surface area contributed by atoms with Gasteiger partial charge in [-0.05, 0) is 150 Å². The first-order chi connectivity index (χ1) is 43.8. The van der Waals surface area contributed by atoms with Crippen LogP contribution in [0, 0.1) is 59.2 Å². The average molecular weight is 1280 g/mol. The van der Waals surface area contributed by atoms with Gasteiger partial charge in [-0.3, -0.25) is 9.59 Å². The lowest BCUT2D eigenvalue weighted by Gasteiger charge is -2.28. The summed E-state index contributed by atoms with van der Waals surface area (Å²) in [6.07, 6.45) is 6.16. The van der Waals surface area contributed by atoms with Gasteiger partial charge in [0.1, 0.15) is 34.5 Å². The van der Waals surface area contributed by atoms with Crippen molar-refractivity contribution < 1.29 is 57.0 Å². The number of rotatable bonds is 36. The molecule has 12 heteroatoms. The van der Waals surface area contributed by atoms with Gasteiger partial charge in [-0.15, -0.1) is 0 Å². The van der Waals surface area contributed by atoms with Gasteiger partial charge in [0.05, 0.1) is 64.7 Å². The second kappa shape index (κ2) is 45.2. The molecule has 1 aliphatic carbocycles. The Morgan fingerprint density at radius 3 is 0.967 bits per heavy atom. The molecule has 0 aromatic heterocycles. The molecule has 0 aliphatic heterocycles. The first-order valence-corrected chi connectivity index (χ1v) is 34.6. The molecule has 1 aliphatic rings. The van der Waals surface area contributed by atoms with Gasteiger partial charge in [-0.2, -0.15) is 0 Å². The summed E-state index contributed by atoms with van der Waals surface area (Å²) in [5.74, 6) is 8.32. The van der Waals surface area contributed by atoms with Crippen molar-refractivity contribution in [1.82, 2.24) is 0 Å². The zero-order valence-electron chi connectivity index (χ0n) is 60.2. The van der Waals surface area contributed by atoms with Crippen LogP contribution >= 0.6 is 0 Å². The average Bonchev–Trinajstić information content (AvgIpc) is 0.931. The van der Waals surface area contributed by atoms with E-state index < -0.39 is 0 Å². The Kier molecular flexibility index (Phi) is 39.3. The molecule has 5 aromatic carbocycles. The van der Waals surface area contributed by atoms with Crippen LogP contribution in [0.1, 0.15) is 185 Å². The summed E-state index contributed by atoms with van der Waals surface area (Å²) >= 11 is 0. The summed E-state index contributed by atoms with van der Waals surface area (Å²) in [7, 11) is 0. The minimum Gasteiger partial charge on any atom is -0.494 e. The number of carbonyl (C=O) groups is 2. The Bertz CT molecular complexity index is 2500. The van der Waals surface area contributed by atoms with Crippen molar-refractivity contribution in [3.8, 4) is 34.5 Å². The maximum Gasteiger partial charge on any atom is 0.309 e. The third-order valence-corrected chi connectivity index (χ3v) is 14.3. The van der Waals surface area contributed by atoms with E-state index in [0.717, 1.165) is 132 Å². The largest absolute Gasteiger partial charge is 0.494 e. The highest BCUT2D eigenvalue weighted by Gasteiger charge is 2.38. The van der Waals surface area contributed by atoms with Gasteiger partial charge in [-0.1, -0.05) is 192 Å². The van der Waals surface area contributed by atoms with Crippen LogP contribution in [0.3, 0.4) is 0 Å². The normalized spacial score (nSPS) is 13.9. The molecule has 1 fully saturated rings. The first-order valence-electron chi connectivity index (χ1n) is 34.6. The monoisotopic (exact) mass is 1270 g/mol. The van der Waals surface area contributed by atoms with Crippen LogP contribution in [0.4, 0.5) is 0 Å². The fourth-order valence-electron chi connectivity index (χ4n) is 9.20. The van der Waals surface area contributed by atoms with Gasteiger partial charge < -0.3 is 47.4 Å². The minimum atomic E-state index is -0.317. The molecule has 92 heavy (non-hydrogen) atoms. The second-order valence-electron chi connectivity index (χ2n) is 28.3. The number of hydrogen-bond donors (Lipinski definition) is 0. The lowest BCUT2D eigenvalue weighted by atomic mass is 9.78. The summed E-state index contributed by atoms with van der Waals surface area (Å²) in [5.41, 5.74) is 4.99. The molecule has 2 unspecified atom stereocenters. The number of benzene rings is 5. The predicted octanol–water partition coefficient (Wildman–Crippen LogP) is 19.2. The fourth-order valence-corrected chi connectivity index (χ4v) is 9.20. The van der Waals surface area contributed by atoms with E-state index in [2.05, 4.69) is 194 Å². The molecule has 0 bridgehead atoms. The summed E-state index contributed by atoms with van der Waals surface area (Å²) in [6.45, 7) is 46.6. The molecule has 0 amide bonds. The van der Waals surface area contributed by atoms with Crippen molar-refractivity contribution >= 4 is 11.9 Å². The molecular weight excluding hydrogens is 1150 g/mol. The molecule has 12 nitrogen and oxygen atoms in total. The number of carbonyl (C=O) groups excluding carboxylic acids is 2. The van der Waals surface area contributed by atoms with E-state index in [1.165, 1.54) is 22.3 Å². The van der Waals surface area contributed by atoms with E-state index in [1.807, 2.05) is 52.0 Å². The van der Waals surface area contributed by atoms with Crippen LogP contribution in [0.15, 0.2) is 121 Å². The van der Waals surface area contributed by atoms with Crippen LogP contribution in [0.25, 0.3) is 0 Å². The first kappa shape index (κ1) is 80.0. The summed E-state index contributed by atoms with van der Waals surface area (Å²) in [5, 5.41) is 0. The highest BCUT2D eigenvalue weighted by Crippen LogP contribution is 2.35. The molecule has 0 N–H and O–H groups in total. The van der Waals surface area contributed by atoms with Crippen LogP contribution < -0.4 is 28.4 Å². The van der Waals surface area contributed by atoms with E-state index in [-0.39, 0.29) is 29.2 Å². The summed E-state index contributed by atoms with van der Waals surface area (Å²) < 4.78 is 56.3. The standard InChI is InChI=1S/C29H44O4.C21H28O2.C16H28O4.C14H22O2/c1-23(2)21-30-17-7-19-32-27-13-9-25(10-14-27)29(5,6)26-11-15-28(16-12-26)33-20-8-18-31-22-24(3)4;1-16(2)14-22-20-9-5-18(6-10-20)13-19-7-11-21(12-8-19)23-15-17(3)4;1-11(2)9-19-15(17)13-7-5-6-8-14(13)16(18)20-10-12(3)4;1-11(2)9-15-13-6-5-7-14(8-13)16-10-12(3)4/h9-16,23-24H,7-8,17-22H2,1-6H3;5-12,16-17H,13-15H2,1-4H3;11-14H,5-10H2,1-4H3;5-8,11-12H,9-10H2,1-4H3. The number of esters is 2. The van der Waals surface area contributed by atoms with E-state index in [1.54, 1.807) is 0 Å². The molecule has 0 radical (unpaired) electrons. The number of ether oxygens (including phenoxy) is 10. The fraction of sp³-hybridized carbons (Fsp3) is 0.600. The Labute approximate surface area is 557 Å². The van der Waals surface area contributed by atoms with Gasteiger partial charge in [0.25, 0.3) is 0 Å². The maximum atomic E-state index is 12.1. The van der Waals surface area contributed by atoms with Crippen LogP contribution in [-0.4, -0.2) is 91.2 Å². The van der Waals surface area contributed by atoms with Crippen molar-refractivity contribution in [2.75, 3.05) is 79.3 Å². The van der Waals surface area contributed by atoms with E-state index >= 15 is 0 Å². The summed E-state index contributed by atoms with van der Waals surface area (Å²) in [4.78, 5) is 24.3. The summed E-state index contributed by atoms with van der Waals surface area (Å²) in [6, 6.07) is 41.5. The van der Waals surface area contributed by atoms with Crippen molar-refractivity contribution in [2.45, 2.75) is 175 Å². The van der Waals surface area contributed by atoms with Crippen molar-refractivity contribution in [2.24, 2.45) is 59.2 Å². The predicted molar refractivity (Wildman–Crippen MR) is 377 cm³/mol. The molecule has 2 atom stereocenters. The van der Waals surface area contributed by atoms with Gasteiger partial charge in [-0.25, -0.2) is 0 Å². The lowest BCUT2D eigenvalue weighted by molar-refractivity contribution is -0.164. The Hall–Kier alpha value is -6.24. The highest BCUT2D eigenvalue weighted by atomic mass is 16.5. The van der Waals surface area contributed by atoms with Crippen LogP contribution in [-0.2, 0) is 40.4 Å². The van der Waals surface area contributed by atoms with E-state index in [4.69, 9.17) is 47.4 Å². The zero-order valence-corrected chi connectivity index (χ0v) is 60.2. The molecule has 514 valence electrons. The van der Waals surface area contributed by atoms with E-state index in [0.29, 0.717) is 73.8 Å². The van der Waals surface area contributed by atoms with Gasteiger partial charge in [0.15, 0.2) is 0 Å². The number of hydrogen-bond acceptors (Lipinski definition) is 12. The van der Waals surface area contributed by atoms with E-state index in [9.17, 15) is 9.59 Å². The third kappa shape index (κ3) is 35.7. The quantitative estimate of drug-likeness (QED) is 0.0280. The molecule has 1 saturated carbocycles. The second-order valence-corrected chi connectivity index (χ2v) is 28.3. The maximum absolute atomic E-state index is 12.1.